The summed E-state index contributed by atoms with van der Waals surface area (Å²) >= 11 is 0. The van der Waals surface area contributed by atoms with Crippen molar-refractivity contribution < 1.29 is 22.4 Å². The van der Waals surface area contributed by atoms with Crippen LogP contribution in [0.15, 0.2) is 55.2 Å². The normalized spacial score (nSPS) is 18.3. The van der Waals surface area contributed by atoms with E-state index in [4.69, 9.17) is 0 Å². The lowest BCUT2D eigenvalue weighted by Crippen LogP contribution is -2.36. The van der Waals surface area contributed by atoms with Crippen molar-refractivity contribution in [3.63, 3.8) is 0 Å². The zero-order valence-corrected chi connectivity index (χ0v) is 22.9. The van der Waals surface area contributed by atoms with Gasteiger partial charge in [-0.2, -0.15) is 5.10 Å². The minimum atomic E-state index is -2.74. The van der Waals surface area contributed by atoms with Gasteiger partial charge >= 0.3 is 0 Å². The van der Waals surface area contributed by atoms with E-state index in [2.05, 4.69) is 30.4 Å². The Hall–Kier alpha value is -4.61. The molecule has 0 radical (unpaired) electrons. The van der Waals surface area contributed by atoms with Gasteiger partial charge in [-0.1, -0.05) is 0 Å². The molecule has 1 aromatic carbocycles. The number of aromatic nitrogens is 6. The predicted octanol–water partition coefficient (Wildman–Crippen LogP) is 5.97. The number of amides is 1. The van der Waals surface area contributed by atoms with Gasteiger partial charge in [-0.15, -0.1) is 0 Å². The van der Waals surface area contributed by atoms with Gasteiger partial charge in [0.05, 0.1) is 11.7 Å². The fourth-order valence-corrected chi connectivity index (χ4v) is 6.59. The lowest BCUT2D eigenvalue weighted by molar-refractivity contribution is -0.122. The van der Waals surface area contributed by atoms with E-state index >= 15 is 0 Å². The summed E-state index contributed by atoms with van der Waals surface area (Å²) in [6.07, 6.45) is 6.91. The summed E-state index contributed by atoms with van der Waals surface area (Å²) in [6, 6.07) is 6.11. The van der Waals surface area contributed by atoms with Crippen molar-refractivity contribution in [2.45, 2.75) is 57.0 Å². The number of carbonyl (C=O) groups excluding carboxylic acids is 1. The van der Waals surface area contributed by atoms with Crippen LogP contribution in [0.3, 0.4) is 0 Å². The number of halogens is 4. The largest absolute Gasteiger partial charge is 0.346 e. The van der Waals surface area contributed by atoms with Crippen LogP contribution in [0.2, 0.25) is 0 Å². The topological polar surface area (TPSA) is 101 Å². The number of nitrogens with zero attached hydrogens (tertiary/aromatic N) is 5. The first-order valence-corrected chi connectivity index (χ1v) is 14.2. The third-order valence-corrected chi connectivity index (χ3v) is 8.64. The van der Waals surface area contributed by atoms with E-state index in [1.807, 2.05) is 12.1 Å². The number of carbonyl (C=O) groups is 1. The summed E-state index contributed by atoms with van der Waals surface area (Å²) in [5.41, 5.74) is 3.71. The standard InChI is InChI=1S/C31H27F4N7O/c32-20-7-16(8-21(33)11-20)9-25(27-24(13-36-15-39-27)19-10-18-5-6-37-31(18)38-12-19)40-26(43)14-42-29-22-3-1-17(22)2-4-23(29)28(41-42)30(34)35/h5-8,10-13,15,17,22,25,30H,1-4,9,14H2,(H,37,38)(H,40,43). The maximum absolute atomic E-state index is 14.2. The van der Waals surface area contributed by atoms with Crippen molar-refractivity contribution in [3.05, 3.63) is 95.1 Å². The van der Waals surface area contributed by atoms with Gasteiger partial charge in [-0.05, 0) is 67.9 Å². The number of hydrogen-bond donors (Lipinski definition) is 2. The smallest absolute Gasteiger partial charge is 0.282 e. The Morgan fingerprint density at radius 3 is 2.65 bits per heavy atom. The molecule has 0 saturated heterocycles. The molecule has 1 amide bonds. The number of hydrogen-bond acceptors (Lipinski definition) is 5. The second-order valence-corrected chi connectivity index (χ2v) is 11.3. The first-order valence-electron chi connectivity index (χ1n) is 14.2. The van der Waals surface area contributed by atoms with Crippen LogP contribution < -0.4 is 5.32 Å². The van der Waals surface area contributed by atoms with Crippen molar-refractivity contribution in [3.8, 4) is 11.1 Å². The van der Waals surface area contributed by atoms with Gasteiger partial charge in [0.2, 0.25) is 5.91 Å². The van der Waals surface area contributed by atoms with Gasteiger partial charge in [0, 0.05) is 58.3 Å². The van der Waals surface area contributed by atoms with Crippen molar-refractivity contribution in [1.82, 2.24) is 35.0 Å². The van der Waals surface area contributed by atoms with E-state index in [0.717, 1.165) is 36.4 Å². The highest BCUT2D eigenvalue weighted by Gasteiger charge is 2.42. The number of nitrogens with one attached hydrogen (secondary N) is 2. The number of rotatable bonds is 8. The van der Waals surface area contributed by atoms with E-state index in [0.29, 0.717) is 45.9 Å². The minimum absolute atomic E-state index is 0.00839. The van der Waals surface area contributed by atoms with E-state index < -0.39 is 30.0 Å². The Kier molecular flexibility index (Phi) is 6.91. The first kappa shape index (κ1) is 27.2. The lowest BCUT2D eigenvalue weighted by atomic mass is 9.65. The number of aromatic amines is 1. The van der Waals surface area contributed by atoms with Gasteiger partial charge in [0.25, 0.3) is 6.43 Å². The quantitative estimate of drug-likeness (QED) is 0.217. The Morgan fingerprint density at radius 2 is 1.88 bits per heavy atom. The van der Waals surface area contributed by atoms with Crippen LogP contribution in [0.25, 0.3) is 22.2 Å². The van der Waals surface area contributed by atoms with Crippen molar-refractivity contribution in [1.29, 1.82) is 0 Å². The number of pyridine rings is 1. The monoisotopic (exact) mass is 589 g/mol. The van der Waals surface area contributed by atoms with Gasteiger partial charge in [-0.3, -0.25) is 9.48 Å². The summed E-state index contributed by atoms with van der Waals surface area (Å²) in [4.78, 5) is 29.8. The SMILES string of the molecule is O=C(Cn1nc(C(F)F)c2c1C1CCC1CC2)NC(Cc1cc(F)cc(F)c1)c1ncncc1-c1cnc2[nH]ccc2c1. The third-order valence-electron chi connectivity index (χ3n) is 8.64. The maximum atomic E-state index is 14.2. The number of alkyl halides is 2. The number of benzene rings is 1. The molecule has 12 heteroatoms. The summed E-state index contributed by atoms with van der Waals surface area (Å²) in [5.74, 6) is -1.45. The summed E-state index contributed by atoms with van der Waals surface area (Å²) < 4.78 is 57.6. The van der Waals surface area contributed by atoms with Crippen LogP contribution in [-0.2, 0) is 24.2 Å². The van der Waals surface area contributed by atoms with Crippen LogP contribution in [0.1, 0.15) is 65.9 Å². The molecular formula is C31H27F4N7O. The molecule has 1 fully saturated rings. The van der Waals surface area contributed by atoms with E-state index in [-0.39, 0.29) is 24.6 Å². The van der Waals surface area contributed by atoms with E-state index in [9.17, 15) is 22.4 Å². The zero-order chi connectivity index (χ0) is 29.7. The average Bonchev–Trinajstić information content (AvgIpc) is 3.56. The molecule has 0 spiro atoms. The molecule has 7 rings (SSSR count). The van der Waals surface area contributed by atoms with Crippen molar-refractivity contribution in [2.24, 2.45) is 5.92 Å². The molecule has 2 aliphatic carbocycles. The van der Waals surface area contributed by atoms with Gasteiger partial charge in [-0.25, -0.2) is 32.5 Å². The van der Waals surface area contributed by atoms with Crippen LogP contribution in [0.5, 0.6) is 0 Å². The number of H-pyrrole nitrogens is 1. The highest BCUT2D eigenvalue weighted by Crippen LogP contribution is 2.51. The van der Waals surface area contributed by atoms with E-state index in [1.165, 1.54) is 23.1 Å². The zero-order valence-electron chi connectivity index (χ0n) is 22.9. The summed E-state index contributed by atoms with van der Waals surface area (Å²) in [5, 5.41) is 8.00. The molecule has 43 heavy (non-hydrogen) atoms. The second-order valence-electron chi connectivity index (χ2n) is 11.3. The van der Waals surface area contributed by atoms with E-state index in [1.54, 1.807) is 18.6 Å². The Bertz CT molecular complexity index is 1810. The molecule has 0 aliphatic heterocycles. The van der Waals surface area contributed by atoms with Crippen LogP contribution in [0, 0.1) is 17.6 Å². The minimum Gasteiger partial charge on any atom is -0.346 e. The van der Waals surface area contributed by atoms with Crippen molar-refractivity contribution in [2.75, 3.05) is 0 Å². The third kappa shape index (κ3) is 5.15. The molecule has 5 aromatic rings. The molecule has 0 bridgehead atoms. The molecule has 220 valence electrons. The van der Waals surface area contributed by atoms with Crippen LogP contribution >= 0.6 is 0 Å². The predicted molar refractivity (Wildman–Crippen MR) is 149 cm³/mol. The molecule has 4 aromatic heterocycles. The Labute approximate surface area is 243 Å². The first-order chi connectivity index (χ1) is 20.8. The van der Waals surface area contributed by atoms with Crippen LogP contribution in [-0.4, -0.2) is 35.6 Å². The Balaban J connectivity index is 1.24. The molecular weight excluding hydrogens is 562 g/mol. The molecule has 2 N–H and O–H groups in total. The molecule has 3 atom stereocenters. The van der Waals surface area contributed by atoms with Gasteiger partial charge < -0.3 is 10.3 Å². The molecule has 4 heterocycles. The fourth-order valence-electron chi connectivity index (χ4n) is 6.59. The van der Waals surface area contributed by atoms with Gasteiger partial charge in [0.1, 0.15) is 35.8 Å². The Morgan fingerprint density at radius 1 is 1.05 bits per heavy atom. The van der Waals surface area contributed by atoms with Gasteiger partial charge in [0.15, 0.2) is 0 Å². The molecule has 8 nitrogen and oxygen atoms in total. The highest BCUT2D eigenvalue weighted by atomic mass is 19.3. The number of fused-ring (bicyclic) bond motifs is 4. The maximum Gasteiger partial charge on any atom is 0.282 e. The summed E-state index contributed by atoms with van der Waals surface area (Å²) in [7, 11) is 0. The molecule has 2 aliphatic rings. The second kappa shape index (κ2) is 10.9. The molecule has 3 unspecified atom stereocenters. The van der Waals surface area contributed by atoms with Crippen LogP contribution in [0.4, 0.5) is 17.6 Å². The average molecular weight is 590 g/mol. The lowest BCUT2D eigenvalue weighted by Gasteiger charge is -2.41. The highest BCUT2D eigenvalue weighted by molar-refractivity contribution is 5.82. The summed E-state index contributed by atoms with van der Waals surface area (Å²) in [6.45, 7) is -0.274. The van der Waals surface area contributed by atoms with Crippen molar-refractivity contribution >= 4 is 16.9 Å². The fraction of sp³-hybridized carbons (Fsp3) is 0.323. The molecule has 1 saturated carbocycles.